The lowest BCUT2D eigenvalue weighted by atomic mass is 10.1. The van der Waals surface area contributed by atoms with Gasteiger partial charge in [-0.2, -0.15) is 0 Å². The number of rotatable bonds is 9. The first-order valence-electron chi connectivity index (χ1n) is 10.6. The molecule has 4 N–H and O–H groups in total. The van der Waals surface area contributed by atoms with E-state index in [1.807, 2.05) is 0 Å². The number of furan rings is 4. The van der Waals surface area contributed by atoms with Crippen LogP contribution >= 0.6 is 0 Å². The number of hydrogen-bond donors (Lipinski definition) is 4. The van der Waals surface area contributed by atoms with Gasteiger partial charge < -0.3 is 47.6 Å². The van der Waals surface area contributed by atoms with Gasteiger partial charge in [0.15, 0.2) is 0 Å². The number of hydrogen-bond acceptors (Lipinski definition) is 14. The average molecular weight is 581 g/mol. The molecule has 18 nitrogen and oxygen atoms in total. The number of aliphatic imine (C=N–C) groups is 1. The number of aryl methyl sites for hydroxylation is 1. The highest BCUT2D eigenvalue weighted by Gasteiger charge is 2.29. The minimum atomic E-state index is -1.66. The number of carboxylic acids is 4. The lowest BCUT2D eigenvalue weighted by Gasteiger charge is -1.96. The number of nitriles is 2. The van der Waals surface area contributed by atoms with Crippen LogP contribution < -0.4 is 9.47 Å². The van der Waals surface area contributed by atoms with E-state index in [4.69, 9.17) is 39.8 Å². The molecule has 4 heterocycles. The summed E-state index contributed by atoms with van der Waals surface area (Å²) in [4.78, 5) is 57.5. The molecule has 0 unspecified atom stereocenters. The number of carbonyl (C=O) groups excluding carboxylic acids is 1. The predicted molar refractivity (Wildman–Crippen MR) is 126 cm³/mol. The summed E-state index contributed by atoms with van der Waals surface area (Å²) in [7, 11) is 0. The van der Waals surface area contributed by atoms with Crippen LogP contribution in [0.15, 0.2) is 46.9 Å². The van der Waals surface area contributed by atoms with E-state index in [0.29, 0.717) is 11.3 Å². The zero-order chi connectivity index (χ0) is 31.1. The van der Waals surface area contributed by atoms with Crippen LogP contribution in [0.4, 0.5) is 5.88 Å². The molecule has 0 aliphatic heterocycles. The highest BCUT2D eigenvalue weighted by molar-refractivity contribution is 6.02. The quantitative estimate of drug-likeness (QED) is 0.124. The largest absolute Gasteiger partial charge is 0.475 e. The van der Waals surface area contributed by atoms with Crippen LogP contribution in [-0.4, -0.2) is 50.4 Å². The van der Waals surface area contributed by atoms with Crippen molar-refractivity contribution in [2.24, 2.45) is 4.99 Å². The molecule has 4 aromatic heterocycles. The van der Waals surface area contributed by atoms with E-state index in [2.05, 4.69) is 23.3 Å². The Kier molecular flexibility index (Phi) is 8.58. The molecule has 4 aromatic rings. The Morgan fingerprint density at radius 2 is 1.24 bits per heavy atom. The molecule has 0 atom stereocenters. The van der Waals surface area contributed by atoms with Crippen molar-refractivity contribution in [1.82, 2.24) is 0 Å². The first-order chi connectivity index (χ1) is 19.9. The van der Waals surface area contributed by atoms with Gasteiger partial charge >= 0.3 is 35.8 Å². The van der Waals surface area contributed by atoms with Crippen LogP contribution in [0.5, 0.6) is 11.9 Å². The first kappa shape index (κ1) is 29.5. The topological polar surface area (TPSA) is 297 Å². The Balaban J connectivity index is 0.000000231. The maximum atomic E-state index is 11.1. The smallest absolute Gasteiger partial charge is 0.372 e. The van der Waals surface area contributed by atoms with Crippen LogP contribution in [-0.2, 0) is 4.79 Å². The van der Waals surface area contributed by atoms with Gasteiger partial charge in [0.1, 0.15) is 5.76 Å². The molecule has 0 aliphatic rings. The number of nitrogens with zero attached hydrogens (tertiary/aromatic N) is 3. The summed E-state index contributed by atoms with van der Waals surface area (Å²) in [5.41, 5.74) is -0.243. The SMILES string of the molecule is Cc1cc(-c2cc(OC#N)oc2N=C=O)c(OC#N)o1.O=C(O)c1cc(-c2cc(C(=O)O)oc2C(=O)O)c(C(=O)O)o1. The normalized spacial score (nSPS) is 9.79. The summed E-state index contributed by atoms with van der Waals surface area (Å²) in [5.74, 6) is -9.59. The van der Waals surface area contributed by atoms with Gasteiger partial charge in [-0.3, -0.25) is 0 Å². The molecule has 212 valence electrons. The molecule has 0 saturated heterocycles. The predicted octanol–water partition coefficient (Wildman–Crippen LogP) is 3.87. The third-order valence-electron chi connectivity index (χ3n) is 4.80. The van der Waals surface area contributed by atoms with Crippen molar-refractivity contribution in [3.8, 4) is 46.7 Å². The lowest BCUT2D eigenvalue weighted by Crippen LogP contribution is -1.99. The first-order valence-corrected chi connectivity index (χ1v) is 10.6. The van der Waals surface area contributed by atoms with E-state index in [1.54, 1.807) is 13.0 Å². The highest BCUT2D eigenvalue weighted by atomic mass is 16.6. The van der Waals surface area contributed by atoms with Crippen molar-refractivity contribution < 1.29 is 71.5 Å². The summed E-state index contributed by atoms with van der Waals surface area (Å²) in [6.45, 7) is 1.64. The highest BCUT2D eigenvalue weighted by Crippen LogP contribution is 2.42. The molecule has 0 bridgehead atoms. The summed E-state index contributed by atoms with van der Waals surface area (Å²) in [5, 5.41) is 52.6. The Labute approximate surface area is 230 Å². The minimum Gasteiger partial charge on any atom is -0.475 e. The van der Waals surface area contributed by atoms with Gasteiger partial charge in [0.05, 0.1) is 11.1 Å². The van der Waals surface area contributed by atoms with Crippen molar-refractivity contribution in [2.75, 3.05) is 0 Å². The van der Waals surface area contributed by atoms with Crippen molar-refractivity contribution >= 4 is 35.8 Å². The minimum absolute atomic E-state index is 0.0864. The van der Waals surface area contributed by atoms with Crippen molar-refractivity contribution in [3.63, 3.8) is 0 Å². The number of isocyanates is 1. The summed E-state index contributed by atoms with van der Waals surface area (Å²) < 4.78 is 28.6. The van der Waals surface area contributed by atoms with E-state index in [1.165, 1.54) is 24.7 Å². The van der Waals surface area contributed by atoms with E-state index in [0.717, 1.165) is 12.1 Å². The third-order valence-corrected chi connectivity index (χ3v) is 4.80. The average Bonchev–Trinajstić information content (AvgIpc) is 3.69. The van der Waals surface area contributed by atoms with Crippen molar-refractivity contribution in [1.29, 1.82) is 10.5 Å². The zero-order valence-corrected chi connectivity index (χ0v) is 20.4. The van der Waals surface area contributed by atoms with Crippen LogP contribution in [0.3, 0.4) is 0 Å². The monoisotopic (exact) mass is 581 g/mol. The second-order valence-corrected chi connectivity index (χ2v) is 7.36. The zero-order valence-electron chi connectivity index (χ0n) is 20.4. The molecular weight excluding hydrogens is 570 g/mol. The maximum absolute atomic E-state index is 11.1. The maximum Gasteiger partial charge on any atom is 0.372 e. The second kappa shape index (κ2) is 12.2. The van der Waals surface area contributed by atoms with Gasteiger partial charge in [0, 0.05) is 29.3 Å². The molecule has 0 fully saturated rings. The number of carboxylic acid groups (broad SMARTS) is 4. The second-order valence-electron chi connectivity index (χ2n) is 7.36. The van der Waals surface area contributed by atoms with Gasteiger partial charge in [-0.25, -0.2) is 24.0 Å². The Bertz CT molecular complexity index is 1780. The van der Waals surface area contributed by atoms with Crippen LogP contribution in [0, 0.1) is 30.0 Å². The fraction of sp³-hybridized carbons (Fsp3) is 0.0417. The van der Waals surface area contributed by atoms with Crippen molar-refractivity contribution in [2.45, 2.75) is 6.92 Å². The van der Waals surface area contributed by atoms with Gasteiger partial charge in [-0.15, -0.1) is 15.5 Å². The molecule has 0 aromatic carbocycles. The summed E-state index contributed by atoms with van der Waals surface area (Å²) in [6.07, 6.45) is 4.21. The van der Waals surface area contributed by atoms with E-state index >= 15 is 0 Å². The Morgan fingerprint density at radius 3 is 1.67 bits per heavy atom. The van der Waals surface area contributed by atoms with Gasteiger partial charge in [0.2, 0.25) is 35.0 Å². The van der Waals surface area contributed by atoms with E-state index in [-0.39, 0.29) is 23.3 Å². The van der Waals surface area contributed by atoms with Crippen LogP contribution in [0.2, 0.25) is 0 Å². The molecule has 4 rings (SSSR count). The molecule has 0 radical (unpaired) electrons. The standard InChI is InChI=1S/C12H5N3O5.C12H6O10/c1-7-2-9(12(19-7)18-5-14)8-3-10(17-4-13)20-11(8)15-6-16;13-9(14)5-1-3(7(21-5)11(17)18)4-2-6(10(15)16)22-8(4)12(19)20/h2-3H,1H3;1-2H,(H,13,14)(H,15,16)(H,17,18)(H,19,20). The fourth-order valence-electron chi connectivity index (χ4n) is 3.28. The fourth-order valence-corrected chi connectivity index (χ4v) is 3.28. The van der Waals surface area contributed by atoms with Gasteiger partial charge in [-0.05, 0) is 13.0 Å². The number of ether oxygens (including phenoxy) is 2. The summed E-state index contributed by atoms with van der Waals surface area (Å²) >= 11 is 0. The molecule has 18 heteroatoms. The van der Waals surface area contributed by atoms with Gasteiger partial charge in [-0.1, -0.05) is 0 Å². The van der Waals surface area contributed by atoms with Crippen LogP contribution in [0.1, 0.15) is 48.0 Å². The third kappa shape index (κ3) is 6.15. The number of aromatic carboxylic acids is 4. The van der Waals surface area contributed by atoms with Crippen molar-refractivity contribution in [3.05, 3.63) is 53.1 Å². The van der Waals surface area contributed by atoms with E-state index < -0.39 is 58.0 Å². The molecule has 0 saturated carbocycles. The molecular formula is C24H11N3O15. The van der Waals surface area contributed by atoms with Crippen LogP contribution in [0.25, 0.3) is 22.3 Å². The summed E-state index contributed by atoms with van der Waals surface area (Å²) in [6, 6.07) is 4.41. The van der Waals surface area contributed by atoms with Gasteiger partial charge in [0.25, 0.3) is 12.5 Å². The Hall–Kier alpha value is -7.04. The molecule has 0 aliphatic carbocycles. The Morgan fingerprint density at radius 1 is 0.714 bits per heavy atom. The molecule has 0 spiro atoms. The lowest BCUT2D eigenvalue weighted by molar-refractivity contribution is 0.0611. The molecule has 42 heavy (non-hydrogen) atoms. The number of carbonyl (C=O) groups is 4. The molecule has 0 amide bonds. The van der Waals surface area contributed by atoms with E-state index in [9.17, 15) is 24.0 Å².